The van der Waals surface area contributed by atoms with Crippen molar-refractivity contribution in [1.29, 1.82) is 0 Å². The lowest BCUT2D eigenvalue weighted by atomic mass is 10.1. The van der Waals surface area contributed by atoms with Gasteiger partial charge in [0.2, 0.25) is 21.8 Å². The molecule has 2 rings (SSSR count). The third-order valence-corrected chi connectivity index (χ3v) is 6.48. The second kappa shape index (κ2) is 10.8. The van der Waals surface area contributed by atoms with Crippen molar-refractivity contribution in [3.63, 3.8) is 0 Å². The number of halogens is 1. The van der Waals surface area contributed by atoms with Gasteiger partial charge < -0.3 is 10.2 Å². The first-order valence-corrected chi connectivity index (χ1v) is 12.5. The molecular formula is C23H30ClN3O4S. The number of anilines is 1. The van der Waals surface area contributed by atoms with Gasteiger partial charge in [-0.3, -0.25) is 13.9 Å². The molecule has 1 unspecified atom stereocenters. The van der Waals surface area contributed by atoms with E-state index in [0.29, 0.717) is 17.3 Å². The Labute approximate surface area is 195 Å². The summed E-state index contributed by atoms with van der Waals surface area (Å²) >= 11 is 5.96. The summed E-state index contributed by atoms with van der Waals surface area (Å²) in [6.07, 6.45) is 1.07. The lowest BCUT2D eigenvalue weighted by Gasteiger charge is -2.32. The number of amides is 2. The van der Waals surface area contributed by atoms with Crippen molar-refractivity contribution in [3.05, 3.63) is 64.2 Å². The summed E-state index contributed by atoms with van der Waals surface area (Å²) in [6, 6.07) is 11.6. The van der Waals surface area contributed by atoms with Gasteiger partial charge in [0.25, 0.3) is 0 Å². The Hall–Kier alpha value is -2.58. The van der Waals surface area contributed by atoms with Crippen LogP contribution < -0.4 is 9.62 Å². The highest BCUT2D eigenvalue weighted by Gasteiger charge is 2.30. The highest BCUT2D eigenvalue weighted by atomic mass is 35.5. The maximum atomic E-state index is 13.4. The number of hydrogen-bond acceptors (Lipinski definition) is 4. The molecule has 32 heavy (non-hydrogen) atoms. The fourth-order valence-corrected chi connectivity index (χ4v) is 4.30. The van der Waals surface area contributed by atoms with Crippen LogP contribution in [0.15, 0.2) is 42.5 Å². The zero-order chi connectivity index (χ0) is 24.1. The van der Waals surface area contributed by atoms with Crippen LogP contribution in [-0.2, 0) is 26.2 Å². The van der Waals surface area contributed by atoms with E-state index in [0.717, 1.165) is 27.3 Å². The molecule has 174 valence electrons. The van der Waals surface area contributed by atoms with Crippen LogP contribution in [0.5, 0.6) is 0 Å². The Balaban J connectivity index is 2.42. The monoisotopic (exact) mass is 479 g/mol. The lowest BCUT2D eigenvalue weighted by molar-refractivity contribution is -0.139. The molecule has 0 aromatic heterocycles. The standard InChI is InChI=1S/C23H30ClN3O4S/c1-6-25-23(29)18(4)26(14-19-9-11-20(24)12-10-19)22(28)15-27(32(5,30)31)21-13-16(2)7-8-17(21)3/h7-13,18H,6,14-15H2,1-5H3,(H,25,29). The van der Waals surface area contributed by atoms with Gasteiger partial charge in [0.15, 0.2) is 0 Å². The second-order valence-corrected chi connectivity index (χ2v) is 10.1. The fourth-order valence-electron chi connectivity index (χ4n) is 3.27. The van der Waals surface area contributed by atoms with E-state index in [1.807, 2.05) is 19.1 Å². The number of carbonyl (C=O) groups excluding carboxylic acids is 2. The van der Waals surface area contributed by atoms with Gasteiger partial charge in [0.1, 0.15) is 12.6 Å². The first kappa shape index (κ1) is 25.7. The van der Waals surface area contributed by atoms with E-state index >= 15 is 0 Å². The number of benzene rings is 2. The molecule has 0 heterocycles. The molecule has 0 aliphatic carbocycles. The average Bonchev–Trinajstić information content (AvgIpc) is 2.72. The molecular weight excluding hydrogens is 450 g/mol. The number of sulfonamides is 1. The van der Waals surface area contributed by atoms with Crippen molar-refractivity contribution in [2.45, 2.75) is 40.3 Å². The second-order valence-electron chi connectivity index (χ2n) is 7.78. The van der Waals surface area contributed by atoms with Crippen molar-refractivity contribution in [1.82, 2.24) is 10.2 Å². The van der Waals surface area contributed by atoms with Crippen molar-refractivity contribution in [3.8, 4) is 0 Å². The summed E-state index contributed by atoms with van der Waals surface area (Å²) in [7, 11) is -3.75. The molecule has 0 bridgehead atoms. The van der Waals surface area contributed by atoms with E-state index in [1.54, 1.807) is 51.1 Å². The van der Waals surface area contributed by atoms with Crippen LogP contribution in [0.1, 0.15) is 30.5 Å². The van der Waals surface area contributed by atoms with Crippen LogP contribution in [0.4, 0.5) is 5.69 Å². The number of hydrogen-bond donors (Lipinski definition) is 1. The minimum absolute atomic E-state index is 0.138. The number of carbonyl (C=O) groups is 2. The predicted molar refractivity (Wildman–Crippen MR) is 128 cm³/mol. The summed E-state index contributed by atoms with van der Waals surface area (Å²) in [5.41, 5.74) is 2.82. The minimum Gasteiger partial charge on any atom is -0.355 e. The maximum Gasteiger partial charge on any atom is 0.244 e. The van der Waals surface area contributed by atoms with Crippen LogP contribution in [0.2, 0.25) is 5.02 Å². The van der Waals surface area contributed by atoms with Crippen molar-refractivity contribution < 1.29 is 18.0 Å². The third kappa shape index (κ3) is 6.71. The molecule has 2 aromatic rings. The van der Waals surface area contributed by atoms with Gasteiger partial charge in [-0.15, -0.1) is 0 Å². The van der Waals surface area contributed by atoms with Gasteiger partial charge in [-0.1, -0.05) is 35.9 Å². The Kier molecular flexibility index (Phi) is 8.69. The normalized spacial score (nSPS) is 12.2. The summed E-state index contributed by atoms with van der Waals surface area (Å²) in [4.78, 5) is 27.3. The van der Waals surface area contributed by atoms with Crippen molar-refractivity contribution in [2.24, 2.45) is 0 Å². The summed E-state index contributed by atoms with van der Waals surface area (Å²) in [6.45, 7) is 7.21. The van der Waals surface area contributed by atoms with Gasteiger partial charge >= 0.3 is 0 Å². The number of nitrogens with zero attached hydrogens (tertiary/aromatic N) is 2. The minimum atomic E-state index is -3.75. The van der Waals surface area contributed by atoms with Gasteiger partial charge in [0, 0.05) is 18.1 Å². The van der Waals surface area contributed by atoms with Crippen molar-refractivity contribution in [2.75, 3.05) is 23.7 Å². The summed E-state index contributed by atoms with van der Waals surface area (Å²) in [5.74, 6) is -0.794. The van der Waals surface area contributed by atoms with Crippen LogP contribution in [0.25, 0.3) is 0 Å². The fraction of sp³-hybridized carbons (Fsp3) is 0.391. The molecule has 0 radical (unpaired) electrons. The topological polar surface area (TPSA) is 86.8 Å². The third-order valence-electron chi connectivity index (χ3n) is 5.10. The van der Waals surface area contributed by atoms with Crippen LogP contribution in [0.3, 0.4) is 0 Å². The summed E-state index contributed by atoms with van der Waals surface area (Å²) < 4.78 is 26.3. The van der Waals surface area contributed by atoms with Gasteiger partial charge in [0.05, 0.1) is 11.9 Å². The average molecular weight is 480 g/mol. The van der Waals surface area contributed by atoms with E-state index in [-0.39, 0.29) is 12.5 Å². The zero-order valence-electron chi connectivity index (χ0n) is 19.1. The number of nitrogens with one attached hydrogen (secondary N) is 1. The molecule has 0 aliphatic heterocycles. The molecule has 0 saturated carbocycles. The molecule has 7 nitrogen and oxygen atoms in total. The SMILES string of the molecule is CCNC(=O)C(C)N(Cc1ccc(Cl)cc1)C(=O)CN(c1cc(C)ccc1C)S(C)(=O)=O. The molecule has 1 atom stereocenters. The Morgan fingerprint density at radius 1 is 1.09 bits per heavy atom. The largest absolute Gasteiger partial charge is 0.355 e. The maximum absolute atomic E-state index is 13.4. The van der Waals surface area contributed by atoms with Gasteiger partial charge in [-0.05, 0) is 62.6 Å². The lowest BCUT2D eigenvalue weighted by Crippen LogP contribution is -2.51. The molecule has 0 spiro atoms. The van der Waals surface area contributed by atoms with Crippen molar-refractivity contribution >= 4 is 39.1 Å². The molecule has 1 N–H and O–H groups in total. The first-order chi connectivity index (χ1) is 14.9. The summed E-state index contributed by atoms with van der Waals surface area (Å²) in [5, 5.41) is 3.28. The van der Waals surface area contributed by atoms with E-state index < -0.39 is 28.5 Å². The molecule has 0 saturated heterocycles. The predicted octanol–water partition coefficient (Wildman–Crippen LogP) is 3.28. The van der Waals surface area contributed by atoms with E-state index in [2.05, 4.69) is 5.32 Å². The molecule has 2 aromatic carbocycles. The number of aryl methyl sites for hydroxylation is 2. The van der Waals surface area contributed by atoms with Gasteiger partial charge in [-0.2, -0.15) is 0 Å². The molecule has 2 amide bonds. The Morgan fingerprint density at radius 3 is 2.28 bits per heavy atom. The van der Waals surface area contributed by atoms with E-state index in [4.69, 9.17) is 11.6 Å². The zero-order valence-corrected chi connectivity index (χ0v) is 20.6. The van der Waals surface area contributed by atoms with Gasteiger partial charge in [-0.25, -0.2) is 8.42 Å². The highest BCUT2D eigenvalue weighted by Crippen LogP contribution is 2.24. The first-order valence-electron chi connectivity index (χ1n) is 10.3. The number of rotatable bonds is 9. The Bertz CT molecular complexity index is 1070. The van der Waals surface area contributed by atoms with Crippen LogP contribution in [0, 0.1) is 13.8 Å². The molecule has 0 aliphatic rings. The molecule has 0 fully saturated rings. The smallest absolute Gasteiger partial charge is 0.244 e. The van der Waals surface area contributed by atoms with Crippen LogP contribution in [-0.4, -0.2) is 50.5 Å². The van der Waals surface area contributed by atoms with Crippen LogP contribution >= 0.6 is 11.6 Å². The quantitative estimate of drug-likeness (QED) is 0.598. The molecule has 9 heteroatoms. The highest BCUT2D eigenvalue weighted by molar-refractivity contribution is 7.92. The number of likely N-dealkylation sites (N-methyl/N-ethyl adjacent to an activating group) is 1. The van der Waals surface area contributed by atoms with E-state index in [9.17, 15) is 18.0 Å². The van der Waals surface area contributed by atoms with E-state index in [1.165, 1.54) is 4.90 Å². The Morgan fingerprint density at radius 2 is 1.72 bits per heavy atom.